The molecular weight excluding hydrogens is 448 g/mol. The minimum absolute atomic E-state index is 0.0380. The second kappa shape index (κ2) is 10.8. The van der Waals surface area contributed by atoms with Crippen LogP contribution in [0.25, 0.3) is 0 Å². The van der Waals surface area contributed by atoms with Crippen LogP contribution in [0.1, 0.15) is 42.1 Å². The first-order valence-electron chi connectivity index (χ1n) is 11.9. The molecule has 0 radical (unpaired) electrons. The minimum atomic E-state index is -0.401. The van der Waals surface area contributed by atoms with Crippen molar-refractivity contribution in [3.8, 4) is 5.75 Å². The molecule has 2 heterocycles. The van der Waals surface area contributed by atoms with E-state index in [9.17, 15) is 14.4 Å². The maximum absolute atomic E-state index is 13.4. The molecule has 0 saturated carbocycles. The molecular formula is C26H32N4O5. The number of hydrogen-bond acceptors (Lipinski definition) is 5. The molecule has 9 nitrogen and oxygen atoms in total. The Morgan fingerprint density at radius 3 is 2.60 bits per heavy atom. The number of anilines is 2. The van der Waals surface area contributed by atoms with Gasteiger partial charge in [-0.05, 0) is 62.6 Å². The molecule has 35 heavy (non-hydrogen) atoms. The Morgan fingerprint density at radius 2 is 1.86 bits per heavy atom. The van der Waals surface area contributed by atoms with Gasteiger partial charge in [-0.25, -0.2) is 4.79 Å². The van der Waals surface area contributed by atoms with Gasteiger partial charge in [0.1, 0.15) is 18.5 Å². The van der Waals surface area contributed by atoms with Crippen molar-refractivity contribution in [2.75, 3.05) is 30.8 Å². The SMILES string of the molecule is CCNC(=O)C[C@H]1CC[C@H]2[C@@H](COc3ccc(NC(=O)Nc4cccc(C)c4)cc3C(=O)N2C)O1. The molecule has 0 aliphatic carbocycles. The molecule has 2 aliphatic heterocycles. The average molecular weight is 481 g/mol. The van der Waals surface area contributed by atoms with Gasteiger partial charge in [-0.3, -0.25) is 9.59 Å². The monoisotopic (exact) mass is 480 g/mol. The van der Waals surface area contributed by atoms with E-state index in [0.717, 1.165) is 5.56 Å². The highest BCUT2D eigenvalue weighted by Gasteiger charge is 2.39. The molecule has 0 aromatic heterocycles. The molecule has 0 spiro atoms. The zero-order valence-electron chi connectivity index (χ0n) is 20.3. The number of benzene rings is 2. The molecule has 9 heteroatoms. The Balaban J connectivity index is 1.45. The standard InChI is InChI=1S/C26H32N4O5/c1-4-27-24(31)14-19-9-10-21-23(35-19)15-34-22-11-8-18(13-20(22)25(32)30(21)3)29-26(33)28-17-7-5-6-16(2)12-17/h5-8,11-13,19,21,23H,4,9-10,14-15H2,1-3H3,(H,27,31)(H2,28,29,33)/t19-,21+,23-/m1/s1. The van der Waals surface area contributed by atoms with Gasteiger partial charge in [-0.2, -0.15) is 0 Å². The van der Waals surface area contributed by atoms with E-state index in [0.29, 0.717) is 48.5 Å². The van der Waals surface area contributed by atoms with Crippen molar-refractivity contribution in [1.29, 1.82) is 0 Å². The second-order valence-corrected chi connectivity index (χ2v) is 8.99. The zero-order chi connectivity index (χ0) is 24.9. The van der Waals surface area contributed by atoms with Crippen LogP contribution in [0.15, 0.2) is 42.5 Å². The smallest absolute Gasteiger partial charge is 0.323 e. The van der Waals surface area contributed by atoms with Gasteiger partial charge in [0.05, 0.1) is 24.1 Å². The predicted molar refractivity (Wildman–Crippen MR) is 133 cm³/mol. The summed E-state index contributed by atoms with van der Waals surface area (Å²) in [6.45, 7) is 4.68. The molecule has 0 unspecified atom stereocenters. The molecule has 1 fully saturated rings. The first-order valence-corrected chi connectivity index (χ1v) is 11.9. The number of carbonyl (C=O) groups excluding carboxylic acids is 3. The highest BCUT2D eigenvalue weighted by Crippen LogP contribution is 2.32. The van der Waals surface area contributed by atoms with Crippen molar-refractivity contribution < 1.29 is 23.9 Å². The average Bonchev–Trinajstić information content (AvgIpc) is 2.82. The van der Waals surface area contributed by atoms with Crippen LogP contribution in [0.3, 0.4) is 0 Å². The number of ether oxygens (including phenoxy) is 2. The number of nitrogens with zero attached hydrogens (tertiary/aromatic N) is 1. The lowest BCUT2D eigenvalue weighted by Crippen LogP contribution is -2.54. The van der Waals surface area contributed by atoms with Crippen molar-refractivity contribution in [1.82, 2.24) is 10.2 Å². The highest BCUT2D eigenvalue weighted by atomic mass is 16.5. The second-order valence-electron chi connectivity index (χ2n) is 8.99. The van der Waals surface area contributed by atoms with E-state index in [1.807, 2.05) is 38.1 Å². The van der Waals surface area contributed by atoms with Gasteiger partial charge >= 0.3 is 6.03 Å². The highest BCUT2D eigenvalue weighted by molar-refractivity contribution is 6.02. The lowest BCUT2D eigenvalue weighted by molar-refractivity contribution is -0.133. The molecule has 4 rings (SSSR count). The van der Waals surface area contributed by atoms with E-state index in [-0.39, 0.29) is 36.7 Å². The quantitative estimate of drug-likeness (QED) is 0.607. The van der Waals surface area contributed by atoms with E-state index in [1.54, 1.807) is 30.1 Å². The van der Waals surface area contributed by atoms with Gasteiger partial charge in [0.2, 0.25) is 5.91 Å². The summed E-state index contributed by atoms with van der Waals surface area (Å²) in [6.07, 6.45) is 1.16. The maximum Gasteiger partial charge on any atom is 0.323 e. The van der Waals surface area contributed by atoms with Crippen LogP contribution >= 0.6 is 0 Å². The van der Waals surface area contributed by atoms with Gasteiger partial charge in [0.15, 0.2) is 0 Å². The van der Waals surface area contributed by atoms with Crippen molar-refractivity contribution >= 4 is 29.2 Å². The molecule has 2 aliphatic rings. The number of carbonyl (C=O) groups is 3. The molecule has 0 bridgehead atoms. The zero-order valence-corrected chi connectivity index (χ0v) is 20.3. The van der Waals surface area contributed by atoms with E-state index < -0.39 is 6.03 Å². The summed E-state index contributed by atoms with van der Waals surface area (Å²) in [4.78, 5) is 39.5. The fraction of sp³-hybridized carbons (Fsp3) is 0.423. The van der Waals surface area contributed by atoms with Gasteiger partial charge in [0, 0.05) is 25.0 Å². The van der Waals surface area contributed by atoms with Crippen LogP contribution in [-0.2, 0) is 9.53 Å². The van der Waals surface area contributed by atoms with E-state index in [4.69, 9.17) is 9.47 Å². The lowest BCUT2D eigenvalue weighted by Gasteiger charge is -2.42. The van der Waals surface area contributed by atoms with E-state index >= 15 is 0 Å². The third-order valence-electron chi connectivity index (χ3n) is 6.33. The molecule has 3 N–H and O–H groups in total. The van der Waals surface area contributed by atoms with Crippen LogP contribution in [0.4, 0.5) is 16.2 Å². The molecule has 186 valence electrons. The Labute approximate surface area is 205 Å². The van der Waals surface area contributed by atoms with Crippen LogP contribution < -0.4 is 20.7 Å². The van der Waals surface area contributed by atoms with Crippen LogP contribution in [-0.4, -0.2) is 61.2 Å². The third kappa shape index (κ3) is 5.92. The molecule has 3 atom stereocenters. The van der Waals surface area contributed by atoms with Crippen molar-refractivity contribution in [2.24, 2.45) is 0 Å². The van der Waals surface area contributed by atoms with Gasteiger partial charge in [-0.1, -0.05) is 12.1 Å². The lowest BCUT2D eigenvalue weighted by atomic mass is 9.94. The predicted octanol–water partition coefficient (Wildman–Crippen LogP) is 3.55. The number of rotatable bonds is 5. The summed E-state index contributed by atoms with van der Waals surface area (Å²) in [6, 6.07) is 11.9. The van der Waals surface area contributed by atoms with E-state index in [2.05, 4.69) is 16.0 Å². The normalized spacial score (nSPS) is 21.5. The molecule has 2 aromatic rings. The van der Waals surface area contributed by atoms with Crippen molar-refractivity contribution in [2.45, 2.75) is 51.4 Å². The Hall–Kier alpha value is -3.59. The van der Waals surface area contributed by atoms with Crippen molar-refractivity contribution in [3.05, 3.63) is 53.6 Å². The number of aryl methyl sites for hydroxylation is 1. The van der Waals surface area contributed by atoms with Gasteiger partial charge in [0.25, 0.3) is 5.91 Å². The maximum atomic E-state index is 13.4. The summed E-state index contributed by atoms with van der Waals surface area (Å²) in [7, 11) is 1.76. The molecule has 2 aromatic carbocycles. The largest absolute Gasteiger partial charge is 0.490 e. The van der Waals surface area contributed by atoms with Gasteiger partial charge < -0.3 is 30.3 Å². The number of fused-ring (bicyclic) bond motifs is 2. The van der Waals surface area contributed by atoms with E-state index in [1.165, 1.54) is 0 Å². The first kappa shape index (κ1) is 24.5. The van der Waals surface area contributed by atoms with Crippen LogP contribution in [0.5, 0.6) is 5.75 Å². The summed E-state index contributed by atoms with van der Waals surface area (Å²) in [5.74, 6) is 0.187. The summed E-state index contributed by atoms with van der Waals surface area (Å²) >= 11 is 0. The Bertz CT molecular complexity index is 1100. The Morgan fingerprint density at radius 1 is 1.09 bits per heavy atom. The van der Waals surface area contributed by atoms with Gasteiger partial charge in [-0.15, -0.1) is 0 Å². The number of hydrogen-bond donors (Lipinski definition) is 3. The number of likely N-dealkylation sites (N-methyl/N-ethyl adjacent to an activating group) is 1. The van der Waals surface area contributed by atoms with Crippen molar-refractivity contribution in [3.63, 3.8) is 0 Å². The summed E-state index contributed by atoms with van der Waals surface area (Å²) < 4.78 is 12.2. The summed E-state index contributed by atoms with van der Waals surface area (Å²) in [5, 5.41) is 8.38. The number of nitrogens with one attached hydrogen (secondary N) is 3. The fourth-order valence-electron chi connectivity index (χ4n) is 4.60. The first-order chi connectivity index (χ1) is 16.8. The van der Waals surface area contributed by atoms with Crippen LogP contribution in [0, 0.1) is 6.92 Å². The summed E-state index contributed by atoms with van der Waals surface area (Å²) in [5.41, 5.74) is 2.58. The minimum Gasteiger partial charge on any atom is -0.490 e. The number of urea groups is 1. The fourth-order valence-corrected chi connectivity index (χ4v) is 4.60. The topological polar surface area (TPSA) is 109 Å². The number of amides is 4. The van der Waals surface area contributed by atoms with Crippen LogP contribution in [0.2, 0.25) is 0 Å². The molecule has 1 saturated heterocycles. The Kier molecular flexibility index (Phi) is 7.55. The third-order valence-corrected chi connectivity index (χ3v) is 6.33. The molecule has 4 amide bonds.